The Morgan fingerprint density at radius 3 is 2.63 bits per heavy atom. The molecule has 0 saturated heterocycles. The van der Waals surface area contributed by atoms with Crippen molar-refractivity contribution in [2.24, 2.45) is 0 Å². The van der Waals surface area contributed by atoms with Crippen molar-refractivity contribution in [3.8, 4) is 5.75 Å². The van der Waals surface area contributed by atoms with Crippen LogP contribution in [0.4, 0.5) is 0 Å². The maximum Gasteiger partial charge on any atom is 0.258 e. The first-order valence-electron chi connectivity index (χ1n) is 6.41. The van der Waals surface area contributed by atoms with E-state index in [2.05, 4.69) is 5.32 Å². The third kappa shape index (κ3) is 4.56. The van der Waals surface area contributed by atoms with Crippen molar-refractivity contribution < 1.29 is 14.6 Å². The smallest absolute Gasteiger partial charge is 0.258 e. The maximum absolute atomic E-state index is 11.8. The molecule has 1 atom stereocenters. The van der Waals surface area contributed by atoms with E-state index in [4.69, 9.17) is 4.74 Å². The number of aryl methyl sites for hydroxylation is 2. The zero-order valence-corrected chi connectivity index (χ0v) is 12.3. The lowest BCUT2D eigenvalue weighted by molar-refractivity contribution is -0.126. The highest BCUT2D eigenvalue weighted by atomic mass is 16.5. The van der Waals surface area contributed by atoms with Gasteiger partial charge in [0.25, 0.3) is 5.91 Å². The fourth-order valence-corrected chi connectivity index (χ4v) is 1.51. The fourth-order valence-electron chi connectivity index (χ4n) is 1.51. The van der Waals surface area contributed by atoms with Crippen molar-refractivity contribution in [1.82, 2.24) is 5.32 Å². The van der Waals surface area contributed by atoms with Gasteiger partial charge in [-0.15, -0.1) is 0 Å². The van der Waals surface area contributed by atoms with Crippen LogP contribution >= 0.6 is 0 Å². The van der Waals surface area contributed by atoms with Gasteiger partial charge in [-0.05, 0) is 51.8 Å². The van der Waals surface area contributed by atoms with Crippen molar-refractivity contribution in [3.05, 3.63) is 29.3 Å². The van der Waals surface area contributed by atoms with Gasteiger partial charge in [-0.25, -0.2) is 0 Å². The molecule has 1 aromatic carbocycles. The number of ether oxygens (including phenoxy) is 1. The molecule has 4 heteroatoms. The van der Waals surface area contributed by atoms with Gasteiger partial charge in [-0.2, -0.15) is 0 Å². The van der Waals surface area contributed by atoms with Crippen LogP contribution < -0.4 is 10.1 Å². The van der Waals surface area contributed by atoms with Gasteiger partial charge in [0, 0.05) is 0 Å². The molecule has 1 rings (SSSR count). The van der Waals surface area contributed by atoms with Gasteiger partial charge < -0.3 is 15.2 Å². The molecule has 19 heavy (non-hydrogen) atoms. The average Bonchev–Trinajstić information content (AvgIpc) is 2.29. The van der Waals surface area contributed by atoms with E-state index in [1.54, 1.807) is 20.8 Å². The lowest BCUT2D eigenvalue weighted by Crippen LogP contribution is -2.52. The average molecular weight is 265 g/mol. The van der Waals surface area contributed by atoms with Gasteiger partial charge in [0.05, 0.1) is 11.6 Å². The summed E-state index contributed by atoms with van der Waals surface area (Å²) in [5, 5.41) is 12.3. The number of aliphatic hydroxyl groups is 1. The number of carbonyl (C=O) groups is 1. The molecule has 4 nitrogen and oxygen atoms in total. The summed E-state index contributed by atoms with van der Waals surface area (Å²) in [6.07, 6.45) is -0.628. The summed E-state index contributed by atoms with van der Waals surface area (Å²) >= 11 is 0. The molecule has 0 heterocycles. The van der Waals surface area contributed by atoms with Crippen molar-refractivity contribution in [1.29, 1.82) is 0 Å². The number of nitrogens with one attached hydrogen (secondary N) is 1. The maximum atomic E-state index is 11.8. The predicted octanol–water partition coefficient (Wildman–Crippen LogP) is 1.96. The van der Waals surface area contributed by atoms with E-state index in [0.717, 1.165) is 11.1 Å². The second-order valence-corrected chi connectivity index (χ2v) is 5.50. The molecule has 106 valence electrons. The molecule has 0 aromatic heterocycles. The van der Waals surface area contributed by atoms with E-state index in [9.17, 15) is 9.90 Å². The number of benzene rings is 1. The number of rotatable bonds is 5. The van der Waals surface area contributed by atoms with Gasteiger partial charge >= 0.3 is 0 Å². The summed E-state index contributed by atoms with van der Waals surface area (Å²) in [7, 11) is 0. The number of aliphatic hydroxyl groups excluding tert-OH is 1. The minimum atomic E-state index is -0.665. The molecule has 0 aliphatic rings. The molecule has 0 spiro atoms. The Morgan fingerprint density at radius 2 is 2.05 bits per heavy atom. The van der Waals surface area contributed by atoms with Crippen molar-refractivity contribution in [2.75, 3.05) is 6.61 Å². The van der Waals surface area contributed by atoms with Gasteiger partial charge in [0.15, 0.2) is 6.61 Å². The molecule has 1 amide bonds. The van der Waals surface area contributed by atoms with Crippen LogP contribution in [0.5, 0.6) is 5.75 Å². The number of hydrogen-bond acceptors (Lipinski definition) is 3. The molecule has 0 aliphatic carbocycles. The second-order valence-electron chi connectivity index (χ2n) is 5.50. The first-order chi connectivity index (χ1) is 8.72. The van der Waals surface area contributed by atoms with Crippen LogP contribution in [0.2, 0.25) is 0 Å². The zero-order valence-electron chi connectivity index (χ0n) is 12.3. The molecule has 0 saturated carbocycles. The summed E-state index contributed by atoms with van der Waals surface area (Å²) in [4.78, 5) is 11.8. The van der Waals surface area contributed by atoms with Crippen LogP contribution in [-0.4, -0.2) is 29.3 Å². The predicted molar refractivity (Wildman–Crippen MR) is 75.3 cm³/mol. The van der Waals surface area contributed by atoms with Crippen LogP contribution in [0.15, 0.2) is 18.2 Å². The van der Waals surface area contributed by atoms with Gasteiger partial charge in [-0.3, -0.25) is 4.79 Å². The minimum absolute atomic E-state index is 0.0551. The standard InChI is InChI=1S/C15H23NO3/c1-10-6-7-11(2)13(8-10)19-9-14(18)16-15(4,5)12(3)17/h6-8,12,17H,9H2,1-5H3,(H,16,18). The summed E-state index contributed by atoms with van der Waals surface area (Å²) in [6, 6.07) is 5.86. The Hall–Kier alpha value is -1.55. The lowest BCUT2D eigenvalue weighted by atomic mass is 9.99. The molecule has 1 unspecified atom stereocenters. The summed E-state index contributed by atoms with van der Waals surface area (Å²) in [6.45, 7) is 9.04. The molecular weight excluding hydrogens is 242 g/mol. The van der Waals surface area contributed by atoms with Crippen molar-refractivity contribution >= 4 is 5.91 Å². The quantitative estimate of drug-likeness (QED) is 0.855. The van der Waals surface area contributed by atoms with E-state index in [1.807, 2.05) is 32.0 Å². The Bertz CT molecular complexity index is 453. The zero-order chi connectivity index (χ0) is 14.6. The largest absolute Gasteiger partial charge is 0.483 e. The Kier molecular flexibility index (Phi) is 4.95. The highest BCUT2D eigenvalue weighted by molar-refractivity contribution is 5.78. The van der Waals surface area contributed by atoms with Crippen LogP contribution in [0.3, 0.4) is 0 Å². The van der Waals surface area contributed by atoms with Gasteiger partial charge in [0.2, 0.25) is 0 Å². The summed E-state index contributed by atoms with van der Waals surface area (Å²) in [5.74, 6) is 0.469. The molecule has 1 aromatic rings. The number of carbonyl (C=O) groups excluding carboxylic acids is 1. The Balaban J connectivity index is 2.57. The van der Waals surface area contributed by atoms with Gasteiger partial charge in [0.1, 0.15) is 5.75 Å². The highest BCUT2D eigenvalue weighted by Crippen LogP contribution is 2.19. The fraction of sp³-hybridized carbons (Fsp3) is 0.533. The summed E-state index contributed by atoms with van der Waals surface area (Å²) < 4.78 is 5.51. The van der Waals surface area contributed by atoms with Crippen LogP contribution in [0, 0.1) is 13.8 Å². The first-order valence-corrected chi connectivity index (χ1v) is 6.41. The summed E-state index contributed by atoms with van der Waals surface area (Å²) in [5.41, 5.74) is 1.42. The molecule has 0 fully saturated rings. The minimum Gasteiger partial charge on any atom is -0.483 e. The number of hydrogen-bond donors (Lipinski definition) is 2. The highest BCUT2D eigenvalue weighted by Gasteiger charge is 2.26. The molecule has 0 aliphatic heterocycles. The lowest BCUT2D eigenvalue weighted by Gasteiger charge is -2.29. The van der Waals surface area contributed by atoms with Crippen LogP contribution in [-0.2, 0) is 4.79 Å². The van der Waals surface area contributed by atoms with E-state index in [0.29, 0.717) is 5.75 Å². The molecule has 0 radical (unpaired) electrons. The van der Waals surface area contributed by atoms with E-state index in [-0.39, 0.29) is 12.5 Å². The topological polar surface area (TPSA) is 58.6 Å². The third-order valence-electron chi connectivity index (χ3n) is 3.21. The first kappa shape index (κ1) is 15.5. The second kappa shape index (κ2) is 6.06. The molecular formula is C15H23NO3. The van der Waals surface area contributed by atoms with Gasteiger partial charge in [-0.1, -0.05) is 12.1 Å². The van der Waals surface area contributed by atoms with E-state index >= 15 is 0 Å². The van der Waals surface area contributed by atoms with Crippen molar-refractivity contribution in [3.63, 3.8) is 0 Å². The van der Waals surface area contributed by atoms with E-state index < -0.39 is 11.6 Å². The van der Waals surface area contributed by atoms with Crippen LogP contribution in [0.25, 0.3) is 0 Å². The van der Waals surface area contributed by atoms with E-state index in [1.165, 1.54) is 0 Å². The van der Waals surface area contributed by atoms with Crippen LogP contribution in [0.1, 0.15) is 31.9 Å². The normalized spacial score (nSPS) is 12.9. The molecule has 2 N–H and O–H groups in total. The monoisotopic (exact) mass is 265 g/mol. The third-order valence-corrected chi connectivity index (χ3v) is 3.21. The van der Waals surface area contributed by atoms with Crippen molar-refractivity contribution in [2.45, 2.75) is 46.3 Å². The molecule has 0 bridgehead atoms. The SMILES string of the molecule is Cc1ccc(C)c(OCC(=O)NC(C)(C)C(C)O)c1. The number of amides is 1. The Morgan fingerprint density at radius 1 is 1.42 bits per heavy atom. The Labute approximate surface area is 114 Å².